The predicted molar refractivity (Wildman–Crippen MR) is 104 cm³/mol. The zero-order valence-electron chi connectivity index (χ0n) is 15.0. The summed E-state index contributed by atoms with van der Waals surface area (Å²) in [7, 11) is 0. The minimum Gasteiger partial charge on any atom is -0.334 e. The lowest BCUT2D eigenvalue weighted by Gasteiger charge is -2.22. The molecular formula is C20H24ClN3O2. The molecule has 0 aliphatic heterocycles. The highest BCUT2D eigenvalue weighted by atomic mass is 35.5. The van der Waals surface area contributed by atoms with Crippen molar-refractivity contribution in [1.29, 1.82) is 0 Å². The first-order chi connectivity index (χ1) is 12.5. The van der Waals surface area contributed by atoms with E-state index in [1.807, 2.05) is 54.6 Å². The molecule has 0 saturated heterocycles. The van der Waals surface area contributed by atoms with Crippen molar-refractivity contribution in [3.05, 3.63) is 70.7 Å². The Kier molecular flexibility index (Phi) is 7.63. The molecule has 0 unspecified atom stereocenters. The number of carbonyl (C=O) groups excluding carboxylic acids is 2. The van der Waals surface area contributed by atoms with Crippen molar-refractivity contribution < 1.29 is 9.59 Å². The lowest BCUT2D eigenvalue weighted by Crippen LogP contribution is -2.44. The predicted octanol–water partition coefficient (Wildman–Crippen LogP) is 3.65. The summed E-state index contributed by atoms with van der Waals surface area (Å²) in [6.45, 7) is 4.55. The van der Waals surface area contributed by atoms with E-state index in [9.17, 15) is 9.59 Å². The van der Waals surface area contributed by atoms with Crippen LogP contribution >= 0.6 is 11.6 Å². The van der Waals surface area contributed by atoms with Crippen LogP contribution in [0.2, 0.25) is 5.02 Å². The van der Waals surface area contributed by atoms with Crippen molar-refractivity contribution in [2.24, 2.45) is 5.92 Å². The van der Waals surface area contributed by atoms with E-state index in [0.29, 0.717) is 11.6 Å². The molecule has 26 heavy (non-hydrogen) atoms. The van der Waals surface area contributed by atoms with Gasteiger partial charge < -0.3 is 10.6 Å². The molecule has 2 aromatic carbocycles. The third-order valence-corrected chi connectivity index (χ3v) is 4.18. The van der Waals surface area contributed by atoms with Gasteiger partial charge >= 0.3 is 6.03 Å². The first-order valence-corrected chi connectivity index (χ1v) is 8.94. The van der Waals surface area contributed by atoms with E-state index in [1.165, 1.54) is 0 Å². The Balaban J connectivity index is 1.80. The minimum atomic E-state index is -0.506. The summed E-state index contributed by atoms with van der Waals surface area (Å²) >= 11 is 5.93. The Bertz CT molecular complexity index is 718. The summed E-state index contributed by atoms with van der Waals surface area (Å²) in [6, 6.07) is 16.5. The largest absolute Gasteiger partial charge is 0.334 e. The van der Waals surface area contributed by atoms with E-state index in [1.54, 1.807) is 0 Å². The summed E-state index contributed by atoms with van der Waals surface area (Å²) in [5.41, 5.74) is 2.02. The highest BCUT2D eigenvalue weighted by Gasteiger charge is 2.17. The van der Waals surface area contributed by atoms with Gasteiger partial charge in [-0.15, -0.1) is 0 Å². The fourth-order valence-corrected chi connectivity index (χ4v) is 2.73. The monoisotopic (exact) mass is 373 g/mol. The molecule has 2 rings (SSSR count). The Morgan fingerprint density at radius 2 is 1.65 bits per heavy atom. The summed E-state index contributed by atoms with van der Waals surface area (Å²) in [4.78, 5) is 23.8. The van der Waals surface area contributed by atoms with Gasteiger partial charge in [-0.3, -0.25) is 10.1 Å². The van der Waals surface area contributed by atoms with Gasteiger partial charge in [0.2, 0.25) is 5.91 Å². The number of hydrogen-bond acceptors (Lipinski definition) is 3. The van der Waals surface area contributed by atoms with E-state index in [-0.39, 0.29) is 24.4 Å². The molecule has 2 aromatic rings. The first-order valence-electron chi connectivity index (χ1n) is 8.56. The van der Waals surface area contributed by atoms with E-state index < -0.39 is 6.03 Å². The molecule has 5 nitrogen and oxygen atoms in total. The van der Waals surface area contributed by atoms with Gasteiger partial charge in [0.25, 0.3) is 0 Å². The molecule has 0 aliphatic carbocycles. The average molecular weight is 374 g/mol. The van der Waals surface area contributed by atoms with Gasteiger partial charge in [-0.05, 0) is 29.2 Å². The molecule has 0 spiro atoms. The molecule has 138 valence electrons. The van der Waals surface area contributed by atoms with Crippen LogP contribution in [-0.2, 0) is 11.3 Å². The molecule has 3 amide bonds. The number of imide groups is 1. The van der Waals surface area contributed by atoms with E-state index >= 15 is 0 Å². The average Bonchev–Trinajstić information content (AvgIpc) is 2.62. The van der Waals surface area contributed by atoms with Crippen LogP contribution in [0, 0.1) is 5.92 Å². The van der Waals surface area contributed by atoms with Gasteiger partial charge in [0.1, 0.15) is 0 Å². The van der Waals surface area contributed by atoms with Crippen molar-refractivity contribution in [1.82, 2.24) is 16.0 Å². The third kappa shape index (κ3) is 6.50. The van der Waals surface area contributed by atoms with Crippen LogP contribution in [0.3, 0.4) is 0 Å². The number of amides is 3. The number of halogens is 1. The van der Waals surface area contributed by atoms with Crippen LogP contribution in [-0.4, -0.2) is 18.5 Å². The number of hydrogen-bond donors (Lipinski definition) is 3. The van der Waals surface area contributed by atoms with E-state index in [2.05, 4.69) is 29.8 Å². The van der Waals surface area contributed by atoms with Crippen molar-refractivity contribution in [2.75, 3.05) is 6.54 Å². The zero-order valence-corrected chi connectivity index (χ0v) is 15.7. The summed E-state index contributed by atoms with van der Waals surface area (Å²) < 4.78 is 0. The number of benzene rings is 2. The van der Waals surface area contributed by atoms with Crippen LogP contribution in [0.15, 0.2) is 54.6 Å². The first kappa shape index (κ1) is 19.9. The Hall–Kier alpha value is -2.37. The van der Waals surface area contributed by atoms with Crippen molar-refractivity contribution >= 4 is 23.5 Å². The van der Waals surface area contributed by atoms with Gasteiger partial charge in [0.05, 0.1) is 6.54 Å². The normalized spacial score (nSPS) is 11.8. The molecule has 0 heterocycles. The van der Waals surface area contributed by atoms with Gasteiger partial charge in [0.15, 0.2) is 0 Å². The Morgan fingerprint density at radius 3 is 2.27 bits per heavy atom. The van der Waals surface area contributed by atoms with Crippen LogP contribution < -0.4 is 16.0 Å². The van der Waals surface area contributed by atoms with Gasteiger partial charge in [-0.1, -0.05) is 67.9 Å². The molecule has 0 fully saturated rings. The van der Waals surface area contributed by atoms with Crippen LogP contribution in [0.1, 0.15) is 31.0 Å². The van der Waals surface area contributed by atoms with Crippen LogP contribution in [0.4, 0.5) is 4.79 Å². The van der Waals surface area contributed by atoms with Crippen LogP contribution in [0.5, 0.6) is 0 Å². The zero-order chi connectivity index (χ0) is 18.9. The number of urea groups is 1. The quantitative estimate of drug-likeness (QED) is 0.693. The van der Waals surface area contributed by atoms with Crippen molar-refractivity contribution in [2.45, 2.75) is 26.4 Å². The summed E-state index contributed by atoms with van der Waals surface area (Å²) in [5, 5.41) is 8.87. The molecule has 3 N–H and O–H groups in total. The van der Waals surface area contributed by atoms with Crippen molar-refractivity contribution in [3.8, 4) is 0 Å². The lowest BCUT2D eigenvalue weighted by molar-refractivity contribution is -0.119. The number of carbonyl (C=O) groups is 2. The maximum atomic E-state index is 12.0. The second kappa shape index (κ2) is 9.94. The fourth-order valence-electron chi connectivity index (χ4n) is 2.60. The van der Waals surface area contributed by atoms with Crippen LogP contribution in [0.25, 0.3) is 0 Å². The Labute approximate surface area is 159 Å². The van der Waals surface area contributed by atoms with E-state index in [4.69, 9.17) is 11.6 Å². The van der Waals surface area contributed by atoms with Gasteiger partial charge in [-0.2, -0.15) is 0 Å². The SMILES string of the molecule is CC(C)[C@@H](NCC(=O)NC(=O)NCc1ccccc1)c1ccc(Cl)cc1. The molecule has 6 heteroatoms. The van der Waals surface area contributed by atoms with E-state index in [0.717, 1.165) is 11.1 Å². The highest BCUT2D eigenvalue weighted by molar-refractivity contribution is 6.30. The maximum absolute atomic E-state index is 12.0. The highest BCUT2D eigenvalue weighted by Crippen LogP contribution is 2.22. The number of rotatable bonds is 7. The Morgan fingerprint density at radius 1 is 1.00 bits per heavy atom. The second-order valence-electron chi connectivity index (χ2n) is 6.37. The van der Waals surface area contributed by atoms with Gasteiger partial charge in [-0.25, -0.2) is 4.79 Å². The second-order valence-corrected chi connectivity index (χ2v) is 6.81. The van der Waals surface area contributed by atoms with Crippen molar-refractivity contribution in [3.63, 3.8) is 0 Å². The molecule has 0 aromatic heterocycles. The smallest absolute Gasteiger partial charge is 0.321 e. The minimum absolute atomic E-state index is 0.00889. The topological polar surface area (TPSA) is 70.2 Å². The molecule has 0 bridgehead atoms. The summed E-state index contributed by atoms with van der Waals surface area (Å²) in [6.07, 6.45) is 0. The van der Waals surface area contributed by atoms with Gasteiger partial charge in [0, 0.05) is 17.6 Å². The standard InChI is InChI=1S/C20H24ClN3O2/c1-14(2)19(16-8-10-17(21)11-9-16)22-13-18(25)24-20(26)23-12-15-6-4-3-5-7-15/h3-11,14,19,22H,12-13H2,1-2H3,(H2,23,24,25,26)/t19-/m1/s1. The molecular weight excluding hydrogens is 350 g/mol. The fraction of sp³-hybridized carbons (Fsp3) is 0.300. The lowest BCUT2D eigenvalue weighted by atomic mass is 9.96. The third-order valence-electron chi connectivity index (χ3n) is 3.93. The molecule has 0 radical (unpaired) electrons. The molecule has 1 atom stereocenters. The molecule has 0 saturated carbocycles. The number of nitrogens with one attached hydrogen (secondary N) is 3. The maximum Gasteiger partial charge on any atom is 0.321 e. The molecule has 0 aliphatic rings. The summed E-state index contributed by atoms with van der Waals surface area (Å²) in [5.74, 6) is -0.106.